The van der Waals surface area contributed by atoms with E-state index >= 15 is 0 Å². The molecule has 1 aliphatic heterocycles. The molecular formula is C20H19NO3S. The molecule has 3 rings (SSSR count). The van der Waals surface area contributed by atoms with Gasteiger partial charge in [-0.05, 0) is 47.5 Å². The molecule has 0 bridgehead atoms. The third-order valence-corrected chi connectivity index (χ3v) is 4.79. The van der Waals surface area contributed by atoms with Gasteiger partial charge in [-0.25, -0.2) is 0 Å². The number of carbonyl (C=O) groups is 2. The SMILES string of the molecule is CCc1ccc(/C=C2\SC(=O)N(CCOc3ccccc3)C2=O)cc1. The normalized spacial score (nSPS) is 15.9. The molecule has 4 nitrogen and oxygen atoms in total. The van der Waals surface area contributed by atoms with Gasteiger partial charge in [0.2, 0.25) is 0 Å². The zero-order valence-corrected chi connectivity index (χ0v) is 14.8. The van der Waals surface area contributed by atoms with Crippen LogP contribution in [-0.2, 0) is 11.2 Å². The van der Waals surface area contributed by atoms with Crippen LogP contribution in [0.1, 0.15) is 18.1 Å². The molecule has 0 atom stereocenters. The lowest BCUT2D eigenvalue weighted by Gasteiger charge is -2.13. The second-order valence-electron chi connectivity index (χ2n) is 5.59. The maximum atomic E-state index is 12.4. The van der Waals surface area contributed by atoms with Gasteiger partial charge in [0, 0.05) is 0 Å². The molecule has 0 radical (unpaired) electrons. The minimum Gasteiger partial charge on any atom is -0.492 e. The summed E-state index contributed by atoms with van der Waals surface area (Å²) in [6.07, 6.45) is 2.74. The van der Waals surface area contributed by atoms with Gasteiger partial charge in [0.25, 0.3) is 11.1 Å². The summed E-state index contributed by atoms with van der Waals surface area (Å²) in [5, 5.41) is -0.252. The van der Waals surface area contributed by atoms with E-state index in [1.807, 2.05) is 54.6 Å². The van der Waals surface area contributed by atoms with Crippen LogP contribution in [0.15, 0.2) is 59.5 Å². The van der Waals surface area contributed by atoms with Crippen molar-refractivity contribution in [2.75, 3.05) is 13.2 Å². The maximum absolute atomic E-state index is 12.4. The van der Waals surface area contributed by atoms with E-state index in [0.717, 1.165) is 29.5 Å². The maximum Gasteiger partial charge on any atom is 0.293 e. The average molecular weight is 353 g/mol. The Morgan fingerprint density at radius 3 is 2.44 bits per heavy atom. The van der Waals surface area contributed by atoms with Gasteiger partial charge in [-0.3, -0.25) is 14.5 Å². The van der Waals surface area contributed by atoms with E-state index in [0.29, 0.717) is 4.91 Å². The second-order valence-corrected chi connectivity index (χ2v) is 6.58. The first kappa shape index (κ1) is 17.3. The first-order valence-corrected chi connectivity index (χ1v) is 9.01. The van der Waals surface area contributed by atoms with E-state index in [1.54, 1.807) is 6.08 Å². The van der Waals surface area contributed by atoms with Crippen LogP contribution >= 0.6 is 11.8 Å². The Morgan fingerprint density at radius 2 is 1.76 bits per heavy atom. The van der Waals surface area contributed by atoms with Crippen molar-refractivity contribution >= 4 is 29.0 Å². The topological polar surface area (TPSA) is 46.6 Å². The Kier molecular flexibility index (Phi) is 5.56. The Balaban J connectivity index is 1.62. The number of amides is 2. The number of hydrogen-bond donors (Lipinski definition) is 0. The molecule has 0 unspecified atom stereocenters. The highest BCUT2D eigenvalue weighted by Crippen LogP contribution is 2.32. The fraction of sp³-hybridized carbons (Fsp3) is 0.200. The molecular weight excluding hydrogens is 334 g/mol. The first-order chi connectivity index (χ1) is 12.2. The van der Waals surface area contributed by atoms with Crippen molar-refractivity contribution in [3.05, 3.63) is 70.6 Å². The van der Waals surface area contributed by atoms with Gasteiger partial charge < -0.3 is 4.74 Å². The Bertz CT molecular complexity index is 784. The van der Waals surface area contributed by atoms with Crippen LogP contribution in [0.4, 0.5) is 4.79 Å². The van der Waals surface area contributed by atoms with Crippen LogP contribution in [0.5, 0.6) is 5.75 Å². The smallest absolute Gasteiger partial charge is 0.293 e. The van der Waals surface area contributed by atoms with Crippen LogP contribution in [-0.4, -0.2) is 29.2 Å². The molecule has 0 aromatic heterocycles. The number of hydrogen-bond acceptors (Lipinski definition) is 4. The fourth-order valence-corrected chi connectivity index (χ4v) is 3.33. The number of carbonyl (C=O) groups excluding carboxylic acids is 2. The summed E-state index contributed by atoms with van der Waals surface area (Å²) in [5.74, 6) is 0.465. The molecule has 0 spiro atoms. The van der Waals surface area contributed by atoms with Crippen molar-refractivity contribution < 1.29 is 14.3 Å². The summed E-state index contributed by atoms with van der Waals surface area (Å²) in [4.78, 5) is 26.2. The first-order valence-electron chi connectivity index (χ1n) is 8.19. The molecule has 0 aliphatic carbocycles. The molecule has 2 amide bonds. The van der Waals surface area contributed by atoms with Gasteiger partial charge in [0.15, 0.2) is 0 Å². The van der Waals surface area contributed by atoms with Gasteiger partial charge in [-0.1, -0.05) is 49.4 Å². The van der Waals surface area contributed by atoms with Crippen molar-refractivity contribution in [2.24, 2.45) is 0 Å². The predicted octanol–water partition coefficient (Wildman–Crippen LogP) is 4.36. The van der Waals surface area contributed by atoms with Crippen molar-refractivity contribution in [3.8, 4) is 5.75 Å². The lowest BCUT2D eigenvalue weighted by molar-refractivity contribution is -0.123. The number of rotatable bonds is 6. The average Bonchev–Trinajstić information content (AvgIpc) is 2.90. The van der Waals surface area contributed by atoms with E-state index < -0.39 is 0 Å². The summed E-state index contributed by atoms with van der Waals surface area (Å²) in [5.41, 5.74) is 2.16. The zero-order valence-electron chi connectivity index (χ0n) is 14.0. The Labute approximate surface area is 151 Å². The fourth-order valence-electron chi connectivity index (χ4n) is 2.47. The number of thioether (sulfide) groups is 1. The van der Waals surface area contributed by atoms with Crippen LogP contribution in [0, 0.1) is 0 Å². The molecule has 1 aliphatic rings. The van der Waals surface area contributed by atoms with E-state index in [2.05, 4.69) is 6.92 Å². The third kappa shape index (κ3) is 4.31. The highest BCUT2D eigenvalue weighted by molar-refractivity contribution is 8.18. The highest BCUT2D eigenvalue weighted by atomic mass is 32.2. The largest absolute Gasteiger partial charge is 0.492 e. The van der Waals surface area contributed by atoms with Crippen LogP contribution in [0.3, 0.4) is 0 Å². The minimum atomic E-state index is -0.258. The van der Waals surface area contributed by atoms with Crippen LogP contribution < -0.4 is 4.74 Å². The van der Waals surface area contributed by atoms with Crippen molar-refractivity contribution in [2.45, 2.75) is 13.3 Å². The molecule has 128 valence electrons. The number of nitrogens with zero attached hydrogens (tertiary/aromatic N) is 1. The minimum absolute atomic E-state index is 0.242. The summed E-state index contributed by atoms with van der Waals surface area (Å²) in [7, 11) is 0. The number of ether oxygens (including phenoxy) is 1. The summed E-state index contributed by atoms with van der Waals surface area (Å²) < 4.78 is 5.57. The number of imide groups is 1. The van der Waals surface area contributed by atoms with Gasteiger partial charge >= 0.3 is 0 Å². The Hall–Kier alpha value is -2.53. The predicted molar refractivity (Wildman–Crippen MR) is 100 cm³/mol. The zero-order chi connectivity index (χ0) is 17.6. The van der Waals surface area contributed by atoms with E-state index in [9.17, 15) is 9.59 Å². The molecule has 2 aromatic rings. The van der Waals surface area contributed by atoms with E-state index in [1.165, 1.54) is 10.5 Å². The van der Waals surface area contributed by atoms with Gasteiger partial charge in [0.1, 0.15) is 12.4 Å². The number of para-hydroxylation sites is 1. The summed E-state index contributed by atoms with van der Waals surface area (Å²) in [6.45, 7) is 2.62. The molecule has 2 aromatic carbocycles. The lowest BCUT2D eigenvalue weighted by atomic mass is 10.1. The number of benzene rings is 2. The molecule has 0 saturated carbocycles. The molecule has 0 N–H and O–H groups in total. The third-order valence-electron chi connectivity index (χ3n) is 3.89. The van der Waals surface area contributed by atoms with Crippen LogP contribution in [0.2, 0.25) is 0 Å². The van der Waals surface area contributed by atoms with Gasteiger partial charge in [-0.2, -0.15) is 0 Å². The molecule has 1 fully saturated rings. The number of aryl methyl sites for hydroxylation is 1. The van der Waals surface area contributed by atoms with Gasteiger partial charge in [-0.15, -0.1) is 0 Å². The second kappa shape index (κ2) is 8.03. The van der Waals surface area contributed by atoms with E-state index in [4.69, 9.17) is 4.74 Å². The van der Waals surface area contributed by atoms with Crippen molar-refractivity contribution in [3.63, 3.8) is 0 Å². The molecule has 25 heavy (non-hydrogen) atoms. The summed E-state index contributed by atoms with van der Waals surface area (Å²) >= 11 is 0.976. The quantitative estimate of drug-likeness (QED) is 0.724. The standard InChI is InChI=1S/C20H19NO3S/c1-2-15-8-10-16(11-9-15)14-18-19(22)21(20(23)25-18)12-13-24-17-6-4-3-5-7-17/h3-11,14H,2,12-13H2,1H3/b18-14-. The molecule has 5 heteroatoms. The molecule has 1 heterocycles. The highest BCUT2D eigenvalue weighted by Gasteiger charge is 2.34. The monoisotopic (exact) mass is 353 g/mol. The van der Waals surface area contributed by atoms with Crippen molar-refractivity contribution in [1.29, 1.82) is 0 Å². The molecule has 1 saturated heterocycles. The lowest BCUT2D eigenvalue weighted by Crippen LogP contribution is -2.32. The Morgan fingerprint density at radius 1 is 1.04 bits per heavy atom. The van der Waals surface area contributed by atoms with E-state index in [-0.39, 0.29) is 24.3 Å². The summed E-state index contributed by atoms with van der Waals surface area (Å²) in [6, 6.07) is 17.3. The van der Waals surface area contributed by atoms with Gasteiger partial charge in [0.05, 0.1) is 11.4 Å². The van der Waals surface area contributed by atoms with Crippen molar-refractivity contribution in [1.82, 2.24) is 4.90 Å². The van der Waals surface area contributed by atoms with Crippen LogP contribution in [0.25, 0.3) is 6.08 Å².